The Morgan fingerprint density at radius 3 is 2.18 bits per heavy atom. The average molecular weight is 315 g/mol. The maximum Gasteiger partial charge on any atom is 0.410 e. The summed E-state index contributed by atoms with van der Waals surface area (Å²) < 4.78 is 10.5. The first kappa shape index (κ1) is 18.5. The predicted octanol–water partition coefficient (Wildman–Crippen LogP) is 1.85. The highest BCUT2D eigenvalue weighted by Gasteiger charge is 2.38. The van der Waals surface area contributed by atoms with Crippen LogP contribution in [0, 0.1) is 0 Å². The molecule has 7 nitrogen and oxygen atoms in total. The van der Waals surface area contributed by atoms with E-state index in [2.05, 4.69) is 5.32 Å². The van der Waals surface area contributed by atoms with Crippen molar-refractivity contribution in [2.24, 2.45) is 5.73 Å². The molecule has 22 heavy (non-hydrogen) atoms. The van der Waals surface area contributed by atoms with Gasteiger partial charge in [-0.25, -0.2) is 9.59 Å². The van der Waals surface area contributed by atoms with E-state index in [1.54, 1.807) is 25.7 Å². The predicted molar refractivity (Wildman–Crippen MR) is 83.6 cm³/mol. The Bertz CT molecular complexity index is 425. The number of hydrogen-bond acceptors (Lipinski definition) is 5. The van der Waals surface area contributed by atoms with Gasteiger partial charge in [-0.2, -0.15) is 0 Å². The zero-order valence-corrected chi connectivity index (χ0v) is 14.5. The van der Waals surface area contributed by atoms with Crippen molar-refractivity contribution in [3.8, 4) is 0 Å². The lowest BCUT2D eigenvalue weighted by atomic mass is 10.0. The van der Waals surface area contributed by atoms with E-state index in [0.29, 0.717) is 19.5 Å². The second-order valence-electron chi connectivity index (χ2n) is 7.87. The summed E-state index contributed by atoms with van der Waals surface area (Å²) in [5.41, 5.74) is 4.50. The van der Waals surface area contributed by atoms with E-state index in [1.165, 1.54) is 0 Å². The van der Waals surface area contributed by atoms with Crippen molar-refractivity contribution < 1.29 is 19.1 Å². The lowest BCUT2D eigenvalue weighted by Gasteiger charge is -2.27. The molecule has 7 heteroatoms. The number of nitrogens with two attached hydrogens (primary N) is 1. The maximum absolute atomic E-state index is 12.0. The number of hydrogen-bond donors (Lipinski definition) is 2. The van der Waals surface area contributed by atoms with E-state index in [1.807, 2.05) is 20.8 Å². The quantitative estimate of drug-likeness (QED) is 0.811. The van der Waals surface area contributed by atoms with Gasteiger partial charge < -0.3 is 25.4 Å². The summed E-state index contributed by atoms with van der Waals surface area (Å²) in [6, 6.07) is 0. The van der Waals surface area contributed by atoms with Gasteiger partial charge in [0, 0.05) is 19.6 Å². The first-order valence-electron chi connectivity index (χ1n) is 7.53. The van der Waals surface area contributed by atoms with Crippen LogP contribution >= 0.6 is 0 Å². The van der Waals surface area contributed by atoms with Crippen LogP contribution in [0.1, 0.15) is 48.0 Å². The highest BCUT2D eigenvalue weighted by Crippen LogP contribution is 2.21. The Morgan fingerprint density at radius 1 is 1.14 bits per heavy atom. The van der Waals surface area contributed by atoms with Crippen LogP contribution in [0.4, 0.5) is 9.59 Å². The van der Waals surface area contributed by atoms with Gasteiger partial charge in [-0.1, -0.05) is 0 Å². The van der Waals surface area contributed by atoms with E-state index >= 15 is 0 Å². The van der Waals surface area contributed by atoms with Gasteiger partial charge in [-0.3, -0.25) is 0 Å². The zero-order valence-electron chi connectivity index (χ0n) is 14.5. The summed E-state index contributed by atoms with van der Waals surface area (Å²) in [5, 5.41) is 2.66. The van der Waals surface area contributed by atoms with Crippen molar-refractivity contribution >= 4 is 12.2 Å². The third kappa shape index (κ3) is 6.51. The SMILES string of the molecule is CC(C)(C)OC(=O)NCC1(N)CCN(C(=O)OC(C)(C)C)C1. The van der Waals surface area contributed by atoms with E-state index in [0.717, 1.165) is 0 Å². The lowest BCUT2D eigenvalue weighted by molar-refractivity contribution is 0.0284. The molecule has 1 heterocycles. The number of carbonyl (C=O) groups is 2. The van der Waals surface area contributed by atoms with Gasteiger partial charge in [0.05, 0.1) is 5.54 Å². The Kier molecular flexibility index (Phi) is 5.33. The number of alkyl carbamates (subject to hydrolysis) is 1. The molecular formula is C15H29N3O4. The molecule has 1 fully saturated rings. The van der Waals surface area contributed by atoms with Crippen molar-refractivity contribution in [3.63, 3.8) is 0 Å². The Labute approximate surface area is 132 Å². The fourth-order valence-electron chi connectivity index (χ4n) is 2.08. The molecule has 1 aliphatic heterocycles. The zero-order chi connectivity index (χ0) is 17.2. The molecular weight excluding hydrogens is 286 g/mol. The third-order valence-corrected chi connectivity index (χ3v) is 3.02. The van der Waals surface area contributed by atoms with Gasteiger partial charge in [-0.15, -0.1) is 0 Å². The second kappa shape index (κ2) is 6.32. The van der Waals surface area contributed by atoms with Crippen molar-refractivity contribution in [1.82, 2.24) is 10.2 Å². The van der Waals surface area contributed by atoms with Gasteiger partial charge in [0.15, 0.2) is 0 Å². The molecule has 0 aromatic carbocycles. The number of amides is 2. The molecule has 0 aliphatic carbocycles. The molecule has 0 bridgehead atoms. The minimum absolute atomic E-state index is 0.251. The van der Waals surface area contributed by atoms with Crippen LogP contribution in [0.2, 0.25) is 0 Å². The number of likely N-dealkylation sites (tertiary alicyclic amines) is 1. The molecule has 0 saturated carbocycles. The van der Waals surface area contributed by atoms with E-state index in [-0.39, 0.29) is 12.6 Å². The van der Waals surface area contributed by atoms with Crippen LogP contribution in [-0.4, -0.2) is 53.5 Å². The van der Waals surface area contributed by atoms with Gasteiger partial charge >= 0.3 is 12.2 Å². The third-order valence-electron chi connectivity index (χ3n) is 3.02. The van der Waals surface area contributed by atoms with Gasteiger partial charge in [0.25, 0.3) is 0 Å². The molecule has 0 aromatic heterocycles. The van der Waals surface area contributed by atoms with Gasteiger partial charge in [-0.05, 0) is 48.0 Å². The molecule has 1 unspecified atom stereocenters. The summed E-state index contributed by atoms with van der Waals surface area (Å²) >= 11 is 0. The van der Waals surface area contributed by atoms with Gasteiger partial charge in [0.1, 0.15) is 11.2 Å². The van der Waals surface area contributed by atoms with Gasteiger partial charge in [0.2, 0.25) is 0 Å². The fraction of sp³-hybridized carbons (Fsp3) is 0.867. The average Bonchev–Trinajstić information content (AvgIpc) is 2.66. The summed E-state index contributed by atoms with van der Waals surface area (Å²) in [7, 11) is 0. The number of carbonyl (C=O) groups excluding carboxylic acids is 2. The smallest absolute Gasteiger partial charge is 0.410 e. The topological polar surface area (TPSA) is 93.9 Å². The molecule has 0 spiro atoms. The monoisotopic (exact) mass is 315 g/mol. The molecule has 2 amide bonds. The fourth-order valence-corrected chi connectivity index (χ4v) is 2.08. The number of rotatable bonds is 2. The number of ether oxygens (including phenoxy) is 2. The summed E-state index contributed by atoms with van der Waals surface area (Å²) in [6.45, 7) is 12.0. The normalized spacial score (nSPS) is 22.4. The maximum atomic E-state index is 12.0. The molecule has 1 rings (SSSR count). The number of nitrogens with zero attached hydrogens (tertiary/aromatic N) is 1. The van der Waals surface area contributed by atoms with E-state index < -0.39 is 22.8 Å². The minimum atomic E-state index is -0.659. The summed E-state index contributed by atoms with van der Waals surface area (Å²) in [5.74, 6) is 0. The second-order valence-corrected chi connectivity index (χ2v) is 7.87. The highest BCUT2D eigenvalue weighted by atomic mass is 16.6. The Balaban J connectivity index is 2.46. The largest absolute Gasteiger partial charge is 0.444 e. The first-order chi connectivity index (χ1) is 9.80. The van der Waals surface area contributed by atoms with E-state index in [4.69, 9.17) is 15.2 Å². The van der Waals surface area contributed by atoms with Crippen LogP contribution in [0.5, 0.6) is 0 Å². The molecule has 1 atom stereocenters. The van der Waals surface area contributed by atoms with Crippen LogP contribution in [-0.2, 0) is 9.47 Å². The summed E-state index contributed by atoms with van der Waals surface area (Å²) in [4.78, 5) is 25.2. The van der Waals surface area contributed by atoms with E-state index in [9.17, 15) is 9.59 Å². The van der Waals surface area contributed by atoms with Crippen LogP contribution in [0.25, 0.3) is 0 Å². The standard InChI is InChI=1S/C15H29N3O4/c1-13(2,3)21-11(19)17-9-15(16)7-8-18(10-15)12(20)22-14(4,5)6/h7-10,16H2,1-6H3,(H,17,19). The Morgan fingerprint density at radius 2 is 1.68 bits per heavy atom. The molecule has 1 aliphatic rings. The molecule has 0 radical (unpaired) electrons. The van der Waals surface area contributed by atoms with Crippen molar-refractivity contribution in [3.05, 3.63) is 0 Å². The first-order valence-corrected chi connectivity index (χ1v) is 7.53. The molecule has 3 N–H and O–H groups in total. The minimum Gasteiger partial charge on any atom is -0.444 e. The van der Waals surface area contributed by atoms with Crippen molar-refractivity contribution in [2.75, 3.05) is 19.6 Å². The van der Waals surface area contributed by atoms with Crippen LogP contribution in [0.15, 0.2) is 0 Å². The highest BCUT2D eigenvalue weighted by molar-refractivity contribution is 5.69. The number of nitrogens with one attached hydrogen (secondary N) is 1. The van der Waals surface area contributed by atoms with Crippen molar-refractivity contribution in [2.45, 2.75) is 64.7 Å². The summed E-state index contributed by atoms with van der Waals surface area (Å²) in [6.07, 6.45) is -0.285. The van der Waals surface area contributed by atoms with Crippen molar-refractivity contribution in [1.29, 1.82) is 0 Å². The lowest BCUT2D eigenvalue weighted by Crippen LogP contribution is -2.53. The van der Waals surface area contributed by atoms with Crippen LogP contribution in [0.3, 0.4) is 0 Å². The molecule has 1 saturated heterocycles. The van der Waals surface area contributed by atoms with Crippen LogP contribution < -0.4 is 11.1 Å². The molecule has 0 aromatic rings. The Hall–Kier alpha value is -1.50. The molecule has 128 valence electrons.